The second kappa shape index (κ2) is 5.38. The molecule has 0 aliphatic heterocycles. The summed E-state index contributed by atoms with van der Waals surface area (Å²) in [6.07, 6.45) is 3.56. The van der Waals surface area contributed by atoms with Crippen molar-refractivity contribution in [1.29, 1.82) is 0 Å². The van der Waals surface area contributed by atoms with Gasteiger partial charge in [0.25, 0.3) is 0 Å². The fraction of sp³-hybridized carbons (Fsp3) is 0.267. The van der Waals surface area contributed by atoms with Gasteiger partial charge in [-0.3, -0.25) is 0 Å². The predicted molar refractivity (Wildman–Crippen MR) is 76.1 cm³/mol. The van der Waals surface area contributed by atoms with E-state index in [0.29, 0.717) is 6.54 Å². The van der Waals surface area contributed by atoms with Gasteiger partial charge in [0.15, 0.2) is 5.65 Å². The van der Waals surface area contributed by atoms with Crippen LogP contribution < -0.4 is 0 Å². The van der Waals surface area contributed by atoms with Crippen LogP contribution in [0.25, 0.3) is 11.0 Å². The molecule has 102 valence electrons. The number of fused-ring (bicyclic) bond motifs is 1. The monoisotopic (exact) mass is 268 g/mol. The van der Waals surface area contributed by atoms with E-state index >= 15 is 0 Å². The normalized spacial score (nSPS) is 12.7. The van der Waals surface area contributed by atoms with Gasteiger partial charge >= 0.3 is 0 Å². The van der Waals surface area contributed by atoms with Gasteiger partial charge in [0.1, 0.15) is 6.33 Å². The summed E-state index contributed by atoms with van der Waals surface area (Å²) in [5, 5.41) is 15.6. The molecule has 0 amide bonds. The number of rotatable bonds is 4. The van der Waals surface area contributed by atoms with Crippen LogP contribution in [0.15, 0.2) is 42.9 Å². The standard InChI is InChI=1S/C15H16N4O/c1-2-13-12-8-18-19(15(12)17-10-16-13)9-14(20)11-6-4-3-5-7-11/h3-8,10,14,20H,2,9H2,1H3. The Hall–Kier alpha value is -2.27. The van der Waals surface area contributed by atoms with Gasteiger partial charge in [-0.25, -0.2) is 14.6 Å². The summed E-state index contributed by atoms with van der Waals surface area (Å²) in [7, 11) is 0. The molecule has 0 aliphatic rings. The van der Waals surface area contributed by atoms with Crippen LogP contribution in [0.2, 0.25) is 0 Å². The molecule has 1 N–H and O–H groups in total. The Labute approximate surface area is 116 Å². The molecule has 0 aliphatic carbocycles. The molecule has 5 nitrogen and oxygen atoms in total. The first-order valence-electron chi connectivity index (χ1n) is 6.68. The first-order chi connectivity index (χ1) is 9.79. The third-order valence-electron chi connectivity index (χ3n) is 3.38. The molecule has 0 saturated carbocycles. The number of aliphatic hydroxyl groups excluding tert-OH is 1. The third kappa shape index (κ3) is 2.28. The summed E-state index contributed by atoms with van der Waals surface area (Å²) in [6.45, 7) is 2.44. The number of aromatic nitrogens is 4. The lowest BCUT2D eigenvalue weighted by atomic mass is 10.1. The van der Waals surface area contributed by atoms with Crippen molar-refractivity contribution in [2.75, 3.05) is 0 Å². The molecule has 3 aromatic rings. The predicted octanol–water partition coefficient (Wildman–Crippen LogP) is 2.12. The van der Waals surface area contributed by atoms with Gasteiger partial charge in [-0.2, -0.15) is 5.10 Å². The average Bonchev–Trinajstić information content (AvgIpc) is 2.91. The molecule has 1 unspecified atom stereocenters. The quantitative estimate of drug-likeness (QED) is 0.787. The summed E-state index contributed by atoms with van der Waals surface area (Å²) < 4.78 is 1.73. The maximum Gasteiger partial charge on any atom is 0.161 e. The fourth-order valence-electron chi connectivity index (χ4n) is 2.30. The highest BCUT2D eigenvalue weighted by Gasteiger charge is 2.13. The molecule has 1 aromatic carbocycles. The third-order valence-corrected chi connectivity index (χ3v) is 3.38. The molecule has 1 atom stereocenters. The maximum atomic E-state index is 10.3. The minimum Gasteiger partial charge on any atom is -0.386 e. The highest BCUT2D eigenvalue weighted by atomic mass is 16.3. The van der Waals surface area contributed by atoms with E-state index in [4.69, 9.17) is 0 Å². The van der Waals surface area contributed by atoms with Gasteiger partial charge in [0.05, 0.1) is 29.9 Å². The second-order valence-electron chi connectivity index (χ2n) is 4.66. The fourth-order valence-corrected chi connectivity index (χ4v) is 2.30. The Morgan fingerprint density at radius 1 is 1.20 bits per heavy atom. The number of aliphatic hydroxyl groups is 1. The molecule has 0 bridgehead atoms. The summed E-state index contributed by atoms with van der Waals surface area (Å²) >= 11 is 0. The lowest BCUT2D eigenvalue weighted by molar-refractivity contribution is 0.153. The van der Waals surface area contributed by atoms with Gasteiger partial charge in [-0.05, 0) is 12.0 Å². The van der Waals surface area contributed by atoms with Crippen molar-refractivity contribution < 1.29 is 5.11 Å². The van der Waals surface area contributed by atoms with Crippen LogP contribution in [0.1, 0.15) is 24.3 Å². The van der Waals surface area contributed by atoms with E-state index in [0.717, 1.165) is 28.7 Å². The Bertz CT molecular complexity index is 708. The van der Waals surface area contributed by atoms with Crippen LogP contribution in [0.4, 0.5) is 0 Å². The largest absolute Gasteiger partial charge is 0.386 e. The highest BCUT2D eigenvalue weighted by molar-refractivity contribution is 5.76. The zero-order chi connectivity index (χ0) is 13.9. The molecule has 2 aromatic heterocycles. The summed E-state index contributed by atoms with van der Waals surface area (Å²) in [5.74, 6) is 0. The first-order valence-corrected chi connectivity index (χ1v) is 6.68. The molecule has 20 heavy (non-hydrogen) atoms. The lowest BCUT2D eigenvalue weighted by Crippen LogP contribution is -2.10. The molecule has 3 rings (SSSR count). The van der Waals surface area contributed by atoms with Gasteiger partial charge in [0.2, 0.25) is 0 Å². The van der Waals surface area contributed by atoms with Crippen LogP contribution in [0, 0.1) is 0 Å². The number of hydrogen-bond acceptors (Lipinski definition) is 4. The van der Waals surface area contributed by atoms with Crippen LogP contribution >= 0.6 is 0 Å². The van der Waals surface area contributed by atoms with E-state index in [9.17, 15) is 5.11 Å². The van der Waals surface area contributed by atoms with E-state index in [-0.39, 0.29) is 0 Å². The number of aryl methyl sites for hydroxylation is 1. The Morgan fingerprint density at radius 3 is 2.75 bits per heavy atom. The Balaban J connectivity index is 1.92. The SMILES string of the molecule is CCc1ncnc2c1cnn2CC(O)c1ccccc1. The van der Waals surface area contributed by atoms with Crippen molar-refractivity contribution in [3.63, 3.8) is 0 Å². The number of benzene rings is 1. The Kier molecular flexibility index (Phi) is 3.43. The topological polar surface area (TPSA) is 63.8 Å². The molecule has 2 heterocycles. The maximum absolute atomic E-state index is 10.3. The minimum atomic E-state index is -0.598. The van der Waals surface area contributed by atoms with Gasteiger partial charge < -0.3 is 5.11 Å². The van der Waals surface area contributed by atoms with Crippen LogP contribution in [0.3, 0.4) is 0 Å². The van der Waals surface area contributed by atoms with Gasteiger partial charge in [-0.15, -0.1) is 0 Å². The van der Waals surface area contributed by atoms with Crippen LogP contribution in [-0.2, 0) is 13.0 Å². The van der Waals surface area contributed by atoms with Crippen LogP contribution in [-0.4, -0.2) is 24.9 Å². The number of hydrogen-bond donors (Lipinski definition) is 1. The molecule has 0 radical (unpaired) electrons. The van der Waals surface area contributed by atoms with Gasteiger partial charge in [0, 0.05) is 0 Å². The molecule has 5 heteroatoms. The van der Waals surface area contributed by atoms with Crippen molar-refractivity contribution in [1.82, 2.24) is 19.7 Å². The van der Waals surface area contributed by atoms with E-state index in [1.165, 1.54) is 0 Å². The second-order valence-corrected chi connectivity index (χ2v) is 4.66. The van der Waals surface area contributed by atoms with E-state index in [2.05, 4.69) is 22.0 Å². The number of nitrogens with zero attached hydrogens (tertiary/aromatic N) is 4. The zero-order valence-corrected chi connectivity index (χ0v) is 11.3. The van der Waals surface area contributed by atoms with E-state index in [1.54, 1.807) is 17.2 Å². The van der Waals surface area contributed by atoms with Crippen molar-refractivity contribution in [3.8, 4) is 0 Å². The lowest BCUT2D eigenvalue weighted by Gasteiger charge is -2.11. The van der Waals surface area contributed by atoms with Crippen molar-refractivity contribution in [2.45, 2.75) is 26.0 Å². The molecular formula is C15H16N4O. The summed E-state index contributed by atoms with van der Waals surface area (Å²) in [6, 6.07) is 9.57. The van der Waals surface area contributed by atoms with Crippen molar-refractivity contribution in [2.24, 2.45) is 0 Å². The highest BCUT2D eigenvalue weighted by Crippen LogP contribution is 2.19. The molecular weight excluding hydrogens is 252 g/mol. The first kappa shape index (κ1) is 12.7. The zero-order valence-electron chi connectivity index (χ0n) is 11.3. The molecule has 0 saturated heterocycles. The molecule has 0 fully saturated rings. The van der Waals surface area contributed by atoms with Crippen LogP contribution in [0.5, 0.6) is 0 Å². The molecule has 0 spiro atoms. The summed E-state index contributed by atoms with van der Waals surface area (Å²) in [4.78, 5) is 8.52. The van der Waals surface area contributed by atoms with Crippen molar-refractivity contribution in [3.05, 3.63) is 54.1 Å². The minimum absolute atomic E-state index is 0.383. The van der Waals surface area contributed by atoms with E-state index in [1.807, 2.05) is 30.3 Å². The summed E-state index contributed by atoms with van der Waals surface area (Å²) in [5.41, 5.74) is 2.63. The Morgan fingerprint density at radius 2 is 2.00 bits per heavy atom. The van der Waals surface area contributed by atoms with E-state index < -0.39 is 6.10 Å². The smallest absolute Gasteiger partial charge is 0.161 e. The van der Waals surface area contributed by atoms with Crippen molar-refractivity contribution >= 4 is 11.0 Å². The average molecular weight is 268 g/mol. The van der Waals surface area contributed by atoms with Gasteiger partial charge in [-0.1, -0.05) is 37.3 Å².